The lowest BCUT2D eigenvalue weighted by Gasteiger charge is -2.32. The van der Waals surface area contributed by atoms with E-state index in [2.05, 4.69) is 10.2 Å². The van der Waals surface area contributed by atoms with Gasteiger partial charge in [-0.05, 0) is 12.8 Å². The maximum atomic E-state index is 5.07. The van der Waals surface area contributed by atoms with Gasteiger partial charge in [0.05, 0.1) is 6.61 Å². The number of rotatable bonds is 3. The lowest BCUT2D eigenvalue weighted by molar-refractivity contribution is 0.124. The Kier molecular flexibility index (Phi) is 5.45. The van der Waals surface area contributed by atoms with E-state index in [-0.39, 0.29) is 0 Å². The lowest BCUT2D eigenvalue weighted by Crippen LogP contribution is -2.51. The SMILES string of the molecule is CC.COCCN1CC2CCC(C1)N2. The van der Waals surface area contributed by atoms with Crippen molar-refractivity contribution >= 4 is 0 Å². The fourth-order valence-corrected chi connectivity index (χ4v) is 2.29. The van der Waals surface area contributed by atoms with E-state index in [1.807, 2.05) is 13.8 Å². The minimum absolute atomic E-state index is 0.764. The van der Waals surface area contributed by atoms with Gasteiger partial charge in [0.1, 0.15) is 0 Å². The Morgan fingerprint density at radius 2 is 1.79 bits per heavy atom. The van der Waals surface area contributed by atoms with Crippen molar-refractivity contribution in [2.45, 2.75) is 38.8 Å². The minimum atomic E-state index is 0.764. The summed E-state index contributed by atoms with van der Waals surface area (Å²) in [6, 6.07) is 1.53. The van der Waals surface area contributed by atoms with Crippen LogP contribution in [0.4, 0.5) is 0 Å². The van der Waals surface area contributed by atoms with E-state index >= 15 is 0 Å². The number of nitrogens with one attached hydrogen (secondary N) is 1. The van der Waals surface area contributed by atoms with Crippen molar-refractivity contribution in [3.05, 3.63) is 0 Å². The molecule has 2 atom stereocenters. The normalized spacial score (nSPS) is 31.1. The van der Waals surface area contributed by atoms with E-state index in [9.17, 15) is 0 Å². The molecule has 2 fully saturated rings. The van der Waals surface area contributed by atoms with Crippen LogP contribution in [0.1, 0.15) is 26.7 Å². The zero-order valence-corrected chi connectivity index (χ0v) is 9.75. The Labute approximate surface area is 87.8 Å². The molecule has 3 heteroatoms. The zero-order chi connectivity index (χ0) is 10.4. The minimum Gasteiger partial charge on any atom is -0.383 e. The molecule has 0 saturated carbocycles. The first-order valence-electron chi connectivity index (χ1n) is 5.86. The third-order valence-corrected chi connectivity index (χ3v) is 2.90. The predicted molar refractivity (Wildman–Crippen MR) is 59.6 cm³/mol. The third-order valence-electron chi connectivity index (χ3n) is 2.90. The maximum absolute atomic E-state index is 5.07. The summed E-state index contributed by atoms with van der Waals surface area (Å²) in [5, 5.41) is 3.61. The van der Waals surface area contributed by atoms with Crippen LogP contribution in [0.15, 0.2) is 0 Å². The smallest absolute Gasteiger partial charge is 0.0589 e. The second-order valence-corrected chi connectivity index (χ2v) is 3.89. The summed E-state index contributed by atoms with van der Waals surface area (Å²) < 4.78 is 5.07. The second kappa shape index (κ2) is 6.38. The molecule has 2 rings (SSSR count). The van der Waals surface area contributed by atoms with Crippen LogP contribution in [0, 0.1) is 0 Å². The highest BCUT2D eigenvalue weighted by molar-refractivity contribution is 4.92. The molecule has 0 aromatic heterocycles. The number of hydrogen-bond acceptors (Lipinski definition) is 3. The van der Waals surface area contributed by atoms with Crippen molar-refractivity contribution in [2.75, 3.05) is 33.4 Å². The summed E-state index contributed by atoms with van der Waals surface area (Å²) in [6.45, 7) is 8.42. The van der Waals surface area contributed by atoms with Crippen LogP contribution >= 0.6 is 0 Å². The molecule has 2 bridgehead atoms. The highest BCUT2D eigenvalue weighted by Gasteiger charge is 2.31. The van der Waals surface area contributed by atoms with E-state index in [0.717, 1.165) is 25.2 Å². The van der Waals surface area contributed by atoms with Crippen LogP contribution in [-0.4, -0.2) is 50.3 Å². The molecule has 0 aliphatic carbocycles. The van der Waals surface area contributed by atoms with Gasteiger partial charge < -0.3 is 10.1 Å². The van der Waals surface area contributed by atoms with Gasteiger partial charge >= 0.3 is 0 Å². The van der Waals surface area contributed by atoms with E-state index in [1.165, 1.54) is 25.9 Å². The van der Waals surface area contributed by atoms with Gasteiger partial charge in [0.25, 0.3) is 0 Å². The molecule has 2 unspecified atom stereocenters. The van der Waals surface area contributed by atoms with Gasteiger partial charge in [-0.2, -0.15) is 0 Å². The maximum Gasteiger partial charge on any atom is 0.0589 e. The van der Waals surface area contributed by atoms with Gasteiger partial charge in [0.2, 0.25) is 0 Å². The van der Waals surface area contributed by atoms with Crippen molar-refractivity contribution in [1.29, 1.82) is 0 Å². The molecular weight excluding hydrogens is 176 g/mol. The van der Waals surface area contributed by atoms with Crippen LogP contribution in [0.25, 0.3) is 0 Å². The number of hydrogen-bond donors (Lipinski definition) is 1. The molecule has 2 heterocycles. The molecule has 0 amide bonds. The van der Waals surface area contributed by atoms with Gasteiger partial charge in [-0.1, -0.05) is 13.8 Å². The molecule has 3 nitrogen and oxygen atoms in total. The molecule has 84 valence electrons. The first-order chi connectivity index (χ1) is 6.88. The highest BCUT2D eigenvalue weighted by Crippen LogP contribution is 2.19. The first-order valence-corrected chi connectivity index (χ1v) is 5.86. The Balaban J connectivity index is 0.000000461. The topological polar surface area (TPSA) is 24.5 Å². The largest absolute Gasteiger partial charge is 0.383 e. The Morgan fingerprint density at radius 1 is 1.21 bits per heavy atom. The van der Waals surface area contributed by atoms with Gasteiger partial charge in [-0.3, -0.25) is 4.90 Å². The molecule has 0 aromatic carbocycles. The molecule has 0 aromatic rings. The summed E-state index contributed by atoms with van der Waals surface area (Å²) >= 11 is 0. The number of fused-ring (bicyclic) bond motifs is 2. The van der Waals surface area contributed by atoms with Crippen LogP contribution in [-0.2, 0) is 4.74 Å². The van der Waals surface area contributed by atoms with E-state index in [1.54, 1.807) is 7.11 Å². The number of piperazine rings is 1. The molecule has 2 aliphatic heterocycles. The Hall–Kier alpha value is -0.120. The summed E-state index contributed by atoms with van der Waals surface area (Å²) in [5.74, 6) is 0. The van der Waals surface area contributed by atoms with E-state index < -0.39 is 0 Å². The number of likely N-dealkylation sites (tertiary alicyclic amines) is 1. The summed E-state index contributed by atoms with van der Waals surface area (Å²) in [5.41, 5.74) is 0. The van der Waals surface area contributed by atoms with Crippen molar-refractivity contribution in [2.24, 2.45) is 0 Å². The molecule has 2 saturated heterocycles. The van der Waals surface area contributed by atoms with Gasteiger partial charge in [-0.25, -0.2) is 0 Å². The van der Waals surface area contributed by atoms with Crippen LogP contribution in [0.3, 0.4) is 0 Å². The van der Waals surface area contributed by atoms with Crippen LogP contribution < -0.4 is 5.32 Å². The number of ether oxygens (including phenoxy) is 1. The number of methoxy groups -OCH3 is 1. The zero-order valence-electron chi connectivity index (χ0n) is 9.75. The van der Waals surface area contributed by atoms with Crippen molar-refractivity contribution in [3.63, 3.8) is 0 Å². The van der Waals surface area contributed by atoms with Gasteiger partial charge in [0.15, 0.2) is 0 Å². The van der Waals surface area contributed by atoms with Crippen molar-refractivity contribution < 1.29 is 4.74 Å². The van der Waals surface area contributed by atoms with E-state index in [0.29, 0.717) is 0 Å². The highest BCUT2D eigenvalue weighted by atomic mass is 16.5. The lowest BCUT2D eigenvalue weighted by atomic mass is 10.2. The Bertz CT molecular complexity index is 140. The standard InChI is InChI=1S/C9H18N2O.C2H6/c1-12-5-4-11-6-8-2-3-9(7-11)10-8;1-2/h8-10H,2-7H2,1H3;1-2H3. The van der Waals surface area contributed by atoms with Crippen molar-refractivity contribution in [3.8, 4) is 0 Å². The fourth-order valence-electron chi connectivity index (χ4n) is 2.29. The average Bonchev–Trinajstić information content (AvgIpc) is 2.58. The van der Waals surface area contributed by atoms with Gasteiger partial charge in [0, 0.05) is 38.8 Å². The van der Waals surface area contributed by atoms with Gasteiger partial charge in [-0.15, -0.1) is 0 Å². The van der Waals surface area contributed by atoms with Crippen LogP contribution in [0.5, 0.6) is 0 Å². The molecular formula is C11H24N2O. The average molecular weight is 200 g/mol. The predicted octanol–water partition coefficient (Wildman–Crippen LogP) is 1.10. The third kappa shape index (κ3) is 3.23. The molecule has 14 heavy (non-hydrogen) atoms. The second-order valence-electron chi connectivity index (χ2n) is 3.89. The molecule has 0 radical (unpaired) electrons. The number of nitrogens with zero attached hydrogens (tertiary/aromatic N) is 1. The Morgan fingerprint density at radius 3 is 2.29 bits per heavy atom. The summed E-state index contributed by atoms with van der Waals surface area (Å²) in [7, 11) is 1.77. The van der Waals surface area contributed by atoms with Crippen LogP contribution in [0.2, 0.25) is 0 Å². The molecule has 0 spiro atoms. The quantitative estimate of drug-likeness (QED) is 0.738. The summed E-state index contributed by atoms with van der Waals surface area (Å²) in [4.78, 5) is 2.52. The molecule has 1 N–H and O–H groups in total. The molecule has 2 aliphatic rings. The van der Waals surface area contributed by atoms with Crippen molar-refractivity contribution in [1.82, 2.24) is 10.2 Å². The van der Waals surface area contributed by atoms with E-state index in [4.69, 9.17) is 4.74 Å². The summed E-state index contributed by atoms with van der Waals surface area (Å²) in [6.07, 6.45) is 2.74. The monoisotopic (exact) mass is 200 g/mol. The first kappa shape index (κ1) is 12.0. The fraction of sp³-hybridized carbons (Fsp3) is 1.00.